The third-order valence-corrected chi connectivity index (χ3v) is 2.55. The molecule has 2 heterocycles. The first-order valence-corrected chi connectivity index (χ1v) is 5.19. The molecule has 0 aromatic carbocycles. The molecule has 2 rings (SSSR count). The van der Waals surface area contributed by atoms with Gasteiger partial charge in [0.2, 0.25) is 0 Å². The summed E-state index contributed by atoms with van der Waals surface area (Å²) in [5.74, 6) is 0.392. The van der Waals surface area contributed by atoms with Crippen molar-refractivity contribution in [3.05, 3.63) is 35.7 Å². The van der Waals surface area contributed by atoms with Crippen molar-refractivity contribution in [2.45, 2.75) is 13.5 Å². The molecule has 90 valence electrons. The SMILES string of the molecule is COC(=O)c1cnc(C)n1Cc1cnn(C)c1. The molecule has 0 amide bonds. The summed E-state index contributed by atoms with van der Waals surface area (Å²) in [6.07, 6.45) is 5.19. The van der Waals surface area contributed by atoms with E-state index in [1.807, 2.05) is 24.7 Å². The van der Waals surface area contributed by atoms with E-state index in [0.717, 1.165) is 11.4 Å². The Kier molecular flexibility index (Phi) is 2.95. The van der Waals surface area contributed by atoms with Gasteiger partial charge in [0, 0.05) is 18.8 Å². The highest BCUT2D eigenvalue weighted by molar-refractivity contribution is 5.87. The Bertz CT molecular complexity index is 541. The number of imidazole rings is 1. The number of methoxy groups -OCH3 is 1. The summed E-state index contributed by atoms with van der Waals surface area (Å²) >= 11 is 0. The zero-order chi connectivity index (χ0) is 12.4. The number of nitrogens with zero attached hydrogens (tertiary/aromatic N) is 4. The van der Waals surface area contributed by atoms with Crippen molar-refractivity contribution in [3.63, 3.8) is 0 Å². The maximum atomic E-state index is 11.5. The molecule has 0 spiro atoms. The topological polar surface area (TPSA) is 61.9 Å². The molecule has 6 heteroatoms. The highest BCUT2D eigenvalue weighted by Crippen LogP contribution is 2.10. The molecule has 0 saturated heterocycles. The summed E-state index contributed by atoms with van der Waals surface area (Å²) in [6, 6.07) is 0. The molecule has 0 atom stereocenters. The van der Waals surface area contributed by atoms with E-state index in [2.05, 4.69) is 10.1 Å². The maximum absolute atomic E-state index is 11.5. The average molecular weight is 234 g/mol. The van der Waals surface area contributed by atoms with Crippen LogP contribution in [0.1, 0.15) is 21.9 Å². The quantitative estimate of drug-likeness (QED) is 0.735. The molecule has 17 heavy (non-hydrogen) atoms. The van der Waals surface area contributed by atoms with Gasteiger partial charge in [-0.3, -0.25) is 4.68 Å². The van der Waals surface area contributed by atoms with E-state index in [-0.39, 0.29) is 5.97 Å². The van der Waals surface area contributed by atoms with Gasteiger partial charge in [-0.1, -0.05) is 0 Å². The van der Waals surface area contributed by atoms with Crippen LogP contribution in [0.5, 0.6) is 0 Å². The minimum Gasteiger partial charge on any atom is -0.464 e. The van der Waals surface area contributed by atoms with Crippen molar-refractivity contribution in [1.82, 2.24) is 19.3 Å². The van der Waals surface area contributed by atoms with E-state index in [0.29, 0.717) is 12.2 Å². The number of carbonyl (C=O) groups is 1. The van der Waals surface area contributed by atoms with E-state index in [1.54, 1.807) is 10.9 Å². The van der Waals surface area contributed by atoms with Crippen LogP contribution < -0.4 is 0 Å². The molecule has 6 nitrogen and oxygen atoms in total. The predicted molar refractivity (Wildman–Crippen MR) is 60.6 cm³/mol. The third kappa shape index (κ3) is 2.20. The molecule has 0 aliphatic rings. The van der Waals surface area contributed by atoms with E-state index in [1.165, 1.54) is 13.3 Å². The number of carbonyl (C=O) groups excluding carboxylic acids is 1. The fourth-order valence-corrected chi connectivity index (χ4v) is 1.67. The summed E-state index contributed by atoms with van der Waals surface area (Å²) in [4.78, 5) is 15.7. The summed E-state index contributed by atoms with van der Waals surface area (Å²) < 4.78 is 8.24. The van der Waals surface area contributed by atoms with E-state index in [9.17, 15) is 4.79 Å². The molecule has 0 unspecified atom stereocenters. The van der Waals surface area contributed by atoms with Crippen molar-refractivity contribution < 1.29 is 9.53 Å². The molecule has 2 aromatic rings. The zero-order valence-corrected chi connectivity index (χ0v) is 10.0. The van der Waals surface area contributed by atoms with E-state index in [4.69, 9.17) is 4.74 Å². The van der Waals surface area contributed by atoms with Crippen molar-refractivity contribution in [2.75, 3.05) is 7.11 Å². The fraction of sp³-hybridized carbons (Fsp3) is 0.364. The minimum absolute atomic E-state index is 0.380. The highest BCUT2D eigenvalue weighted by Gasteiger charge is 2.15. The van der Waals surface area contributed by atoms with E-state index >= 15 is 0 Å². The van der Waals surface area contributed by atoms with Crippen molar-refractivity contribution >= 4 is 5.97 Å². The second-order valence-corrected chi connectivity index (χ2v) is 3.79. The minimum atomic E-state index is -0.380. The number of hydrogen-bond donors (Lipinski definition) is 0. The van der Waals surface area contributed by atoms with Crippen molar-refractivity contribution in [3.8, 4) is 0 Å². The fourth-order valence-electron chi connectivity index (χ4n) is 1.67. The molecule has 0 aliphatic carbocycles. The van der Waals surface area contributed by atoms with Crippen LogP contribution in [-0.2, 0) is 18.3 Å². The Hall–Kier alpha value is -2.11. The number of rotatable bonds is 3. The first kappa shape index (κ1) is 11.4. The number of ether oxygens (including phenoxy) is 1. The van der Waals surface area contributed by atoms with Crippen LogP contribution >= 0.6 is 0 Å². The van der Waals surface area contributed by atoms with Gasteiger partial charge < -0.3 is 9.30 Å². The van der Waals surface area contributed by atoms with Gasteiger partial charge >= 0.3 is 5.97 Å². The molecule has 0 bridgehead atoms. The summed E-state index contributed by atoms with van der Waals surface area (Å²) in [7, 11) is 3.21. The van der Waals surface area contributed by atoms with Crippen LogP contribution in [0.4, 0.5) is 0 Å². The normalized spacial score (nSPS) is 10.5. The van der Waals surface area contributed by atoms with Crippen molar-refractivity contribution in [1.29, 1.82) is 0 Å². The maximum Gasteiger partial charge on any atom is 0.356 e. The van der Waals surface area contributed by atoms with Gasteiger partial charge in [0.05, 0.1) is 26.0 Å². The van der Waals surface area contributed by atoms with Crippen LogP contribution in [0.15, 0.2) is 18.6 Å². The van der Waals surface area contributed by atoms with Gasteiger partial charge in [-0.2, -0.15) is 5.10 Å². The van der Waals surface area contributed by atoms with Crippen LogP contribution in [0, 0.1) is 6.92 Å². The average Bonchev–Trinajstić information content (AvgIpc) is 2.87. The molecule has 0 N–H and O–H groups in total. The largest absolute Gasteiger partial charge is 0.464 e. The summed E-state index contributed by atoms with van der Waals surface area (Å²) in [6.45, 7) is 2.41. The third-order valence-electron chi connectivity index (χ3n) is 2.55. The lowest BCUT2D eigenvalue weighted by Crippen LogP contribution is -2.12. The number of esters is 1. The van der Waals surface area contributed by atoms with Gasteiger partial charge in [0.15, 0.2) is 0 Å². The lowest BCUT2D eigenvalue weighted by Gasteiger charge is -2.07. The van der Waals surface area contributed by atoms with Gasteiger partial charge in [0.25, 0.3) is 0 Å². The standard InChI is InChI=1S/C11H14N4O2/c1-8-12-5-10(11(16)17-3)15(8)7-9-4-13-14(2)6-9/h4-6H,7H2,1-3H3. The van der Waals surface area contributed by atoms with Crippen LogP contribution in [-0.4, -0.2) is 32.4 Å². The summed E-state index contributed by atoms with van der Waals surface area (Å²) in [5, 5.41) is 4.09. The Morgan fingerprint density at radius 3 is 2.82 bits per heavy atom. The number of aromatic nitrogens is 4. The Morgan fingerprint density at radius 2 is 2.24 bits per heavy atom. The molecule has 0 fully saturated rings. The Balaban J connectivity index is 2.31. The smallest absolute Gasteiger partial charge is 0.356 e. The molecule has 0 aliphatic heterocycles. The Labute approximate surface area is 98.8 Å². The summed E-state index contributed by atoms with van der Waals surface area (Å²) in [5.41, 5.74) is 1.47. The lowest BCUT2D eigenvalue weighted by molar-refractivity contribution is 0.0588. The van der Waals surface area contributed by atoms with Crippen LogP contribution in [0.2, 0.25) is 0 Å². The molecular formula is C11H14N4O2. The number of hydrogen-bond acceptors (Lipinski definition) is 4. The molecule has 0 radical (unpaired) electrons. The molecule has 2 aromatic heterocycles. The highest BCUT2D eigenvalue weighted by atomic mass is 16.5. The monoisotopic (exact) mass is 234 g/mol. The second kappa shape index (κ2) is 4.40. The van der Waals surface area contributed by atoms with E-state index < -0.39 is 0 Å². The number of aryl methyl sites for hydroxylation is 2. The first-order chi connectivity index (χ1) is 8.11. The van der Waals surface area contributed by atoms with Crippen molar-refractivity contribution in [2.24, 2.45) is 7.05 Å². The van der Waals surface area contributed by atoms with Gasteiger partial charge in [0.1, 0.15) is 11.5 Å². The Morgan fingerprint density at radius 1 is 1.47 bits per heavy atom. The van der Waals surface area contributed by atoms with Crippen LogP contribution in [0.3, 0.4) is 0 Å². The van der Waals surface area contributed by atoms with Gasteiger partial charge in [-0.15, -0.1) is 0 Å². The van der Waals surface area contributed by atoms with Gasteiger partial charge in [-0.05, 0) is 6.92 Å². The van der Waals surface area contributed by atoms with Crippen LogP contribution in [0.25, 0.3) is 0 Å². The second-order valence-electron chi connectivity index (χ2n) is 3.79. The van der Waals surface area contributed by atoms with Gasteiger partial charge in [-0.25, -0.2) is 9.78 Å². The predicted octanol–water partition coefficient (Wildman–Crippen LogP) is 0.760. The lowest BCUT2D eigenvalue weighted by atomic mass is 10.3. The molecule has 0 saturated carbocycles. The zero-order valence-electron chi connectivity index (χ0n) is 10.0. The first-order valence-electron chi connectivity index (χ1n) is 5.19. The molecular weight excluding hydrogens is 220 g/mol.